The molecule has 0 fully saturated rings. The van der Waals surface area contributed by atoms with E-state index in [0.717, 1.165) is 10.9 Å². The van der Waals surface area contributed by atoms with Gasteiger partial charge >= 0.3 is 0 Å². The molecule has 0 amide bonds. The second-order valence-electron chi connectivity index (χ2n) is 6.05. The number of carbonyl (C=O) groups excluding carboxylic acids is 1. The van der Waals surface area contributed by atoms with Gasteiger partial charge in [-0.15, -0.1) is 0 Å². The number of Topliss-reactive ketones (excluding diaryl/α,β-unsaturated/α-hetero) is 1. The van der Waals surface area contributed by atoms with E-state index in [0.29, 0.717) is 10.6 Å². The van der Waals surface area contributed by atoms with Crippen molar-refractivity contribution in [3.8, 4) is 0 Å². The smallest absolute Gasteiger partial charge is 0.189 e. The minimum atomic E-state index is -0.896. The van der Waals surface area contributed by atoms with Gasteiger partial charge in [0.25, 0.3) is 0 Å². The third kappa shape index (κ3) is 4.42. The van der Waals surface area contributed by atoms with Crippen LogP contribution in [0, 0.1) is 5.82 Å². The monoisotopic (exact) mass is 471 g/mol. The molecule has 0 aliphatic rings. The number of benzene rings is 2. The van der Waals surface area contributed by atoms with Gasteiger partial charge in [0.2, 0.25) is 0 Å². The summed E-state index contributed by atoms with van der Waals surface area (Å²) in [6.45, 7) is -1.33. The van der Waals surface area contributed by atoms with E-state index < -0.39 is 37.5 Å². The van der Waals surface area contributed by atoms with Crippen LogP contribution < -0.4 is 0 Å². The second-order valence-corrected chi connectivity index (χ2v) is 7.37. The number of oxazole rings is 1. The molecule has 0 atom stereocenters. The number of ketones is 1. The van der Waals surface area contributed by atoms with Crippen molar-refractivity contribution in [2.45, 2.75) is 12.5 Å². The Morgan fingerprint density at radius 2 is 2.07 bits per heavy atom. The molecule has 3 aromatic rings. The third-order valence-corrected chi connectivity index (χ3v) is 5.05. The van der Waals surface area contributed by atoms with E-state index in [1.54, 1.807) is 18.2 Å². The lowest BCUT2D eigenvalue weighted by Gasteiger charge is -2.14. The summed E-state index contributed by atoms with van der Waals surface area (Å²) < 4.78 is 26.2. The quantitative estimate of drug-likeness (QED) is 0.487. The van der Waals surface area contributed by atoms with Crippen LogP contribution in [0.1, 0.15) is 21.5 Å². The number of rotatable bonds is 8. The molecule has 148 valence electrons. The molecular weight excluding hydrogens is 457 g/mol. The highest BCUT2D eigenvalue weighted by Gasteiger charge is 2.23. The molecule has 0 unspecified atom stereocenters. The average Bonchev–Trinajstić information content (AvgIpc) is 3.15. The van der Waals surface area contributed by atoms with Crippen molar-refractivity contribution in [2.75, 3.05) is 19.8 Å². The molecule has 0 aliphatic heterocycles. The van der Waals surface area contributed by atoms with Crippen molar-refractivity contribution < 1.29 is 28.6 Å². The summed E-state index contributed by atoms with van der Waals surface area (Å²) in [6.07, 6.45) is 0.264. The van der Waals surface area contributed by atoms with Crippen LogP contribution in [0.2, 0.25) is 5.02 Å². The molecule has 28 heavy (non-hydrogen) atoms. The lowest BCUT2D eigenvalue weighted by atomic mass is 9.96. The summed E-state index contributed by atoms with van der Waals surface area (Å²) in [5.41, 5.74) is 0.959. The van der Waals surface area contributed by atoms with Crippen molar-refractivity contribution in [2.24, 2.45) is 0 Å². The molecule has 3 rings (SSSR count). The van der Waals surface area contributed by atoms with Crippen LogP contribution >= 0.6 is 27.5 Å². The minimum absolute atomic E-state index is 0.0179. The highest BCUT2D eigenvalue weighted by Crippen LogP contribution is 2.30. The Balaban J connectivity index is 2.00. The topological polar surface area (TPSA) is 92.8 Å². The number of halogens is 3. The van der Waals surface area contributed by atoms with Gasteiger partial charge in [0, 0.05) is 27.0 Å². The van der Waals surface area contributed by atoms with Gasteiger partial charge in [-0.25, -0.2) is 9.37 Å². The molecule has 6 nitrogen and oxygen atoms in total. The summed E-state index contributed by atoms with van der Waals surface area (Å²) in [5.74, 6) is -1.19. The van der Waals surface area contributed by atoms with E-state index in [1.807, 2.05) is 0 Å². The Labute approximate surface area is 173 Å². The van der Waals surface area contributed by atoms with Gasteiger partial charge in [0.1, 0.15) is 18.2 Å². The molecule has 1 aromatic heterocycles. The van der Waals surface area contributed by atoms with Crippen molar-refractivity contribution in [3.05, 3.63) is 62.7 Å². The number of hydrogen-bond acceptors (Lipinski definition) is 6. The van der Waals surface area contributed by atoms with Gasteiger partial charge < -0.3 is 19.4 Å². The zero-order valence-corrected chi connectivity index (χ0v) is 16.8. The summed E-state index contributed by atoms with van der Waals surface area (Å²) in [7, 11) is 0. The summed E-state index contributed by atoms with van der Waals surface area (Å²) in [6, 6.07) is 6.59. The maximum absolute atomic E-state index is 15.1. The van der Waals surface area contributed by atoms with Crippen molar-refractivity contribution in [1.82, 2.24) is 4.98 Å². The van der Waals surface area contributed by atoms with Gasteiger partial charge in [0.15, 0.2) is 23.6 Å². The van der Waals surface area contributed by atoms with Crippen LogP contribution in [0.15, 0.2) is 39.5 Å². The van der Waals surface area contributed by atoms with Gasteiger partial charge in [-0.3, -0.25) is 4.79 Å². The third-order valence-electron chi connectivity index (χ3n) is 4.21. The van der Waals surface area contributed by atoms with Gasteiger partial charge in [-0.05, 0) is 23.8 Å². The molecule has 9 heteroatoms. The van der Waals surface area contributed by atoms with Crippen LogP contribution in [-0.2, 0) is 11.2 Å². The van der Waals surface area contributed by atoms with E-state index in [2.05, 4.69) is 20.9 Å². The van der Waals surface area contributed by atoms with Crippen LogP contribution in [0.25, 0.3) is 11.1 Å². The maximum atomic E-state index is 15.1. The number of ether oxygens (including phenoxy) is 1. The lowest BCUT2D eigenvalue weighted by Crippen LogP contribution is -2.25. The van der Waals surface area contributed by atoms with E-state index >= 15 is 4.39 Å². The Morgan fingerprint density at radius 3 is 2.75 bits per heavy atom. The first-order valence-corrected chi connectivity index (χ1v) is 9.46. The largest absolute Gasteiger partial charge is 0.443 e. The first-order valence-electron chi connectivity index (χ1n) is 8.29. The first-order chi connectivity index (χ1) is 13.4. The van der Waals surface area contributed by atoms with E-state index in [1.165, 1.54) is 6.07 Å². The molecule has 0 saturated heterocycles. The SMILES string of the molecule is O=C(COC(CO)CO)c1cc2ocnc2c(F)c1Cc1ccc(Br)cc1Cl. The predicted molar refractivity (Wildman–Crippen MR) is 104 cm³/mol. The van der Waals surface area contributed by atoms with Crippen LogP contribution in [0.5, 0.6) is 0 Å². The predicted octanol–water partition coefficient (Wildman–Crippen LogP) is 3.53. The van der Waals surface area contributed by atoms with Crippen molar-refractivity contribution in [1.29, 1.82) is 0 Å². The second kappa shape index (κ2) is 9.11. The number of fused-ring (bicyclic) bond motifs is 1. The zero-order valence-electron chi connectivity index (χ0n) is 14.5. The number of aliphatic hydroxyl groups is 2. The molecule has 0 spiro atoms. The van der Waals surface area contributed by atoms with E-state index in [4.69, 9.17) is 31.0 Å². The van der Waals surface area contributed by atoms with Crippen LogP contribution in [0.4, 0.5) is 4.39 Å². The molecule has 0 bridgehead atoms. The van der Waals surface area contributed by atoms with Crippen LogP contribution in [-0.4, -0.2) is 46.9 Å². The molecule has 0 aliphatic carbocycles. The van der Waals surface area contributed by atoms with E-state index in [-0.39, 0.29) is 28.6 Å². The summed E-state index contributed by atoms with van der Waals surface area (Å²) in [4.78, 5) is 16.6. The summed E-state index contributed by atoms with van der Waals surface area (Å²) >= 11 is 9.57. The Bertz CT molecular complexity index is 1010. The molecule has 2 N–H and O–H groups in total. The van der Waals surface area contributed by atoms with Crippen molar-refractivity contribution >= 4 is 44.4 Å². The fourth-order valence-electron chi connectivity index (χ4n) is 2.71. The molecule has 0 radical (unpaired) electrons. The normalized spacial score (nSPS) is 11.5. The number of carbonyl (C=O) groups is 1. The number of aromatic nitrogens is 1. The maximum Gasteiger partial charge on any atom is 0.189 e. The fraction of sp³-hybridized carbons (Fsp3) is 0.263. The van der Waals surface area contributed by atoms with Crippen LogP contribution in [0.3, 0.4) is 0 Å². The van der Waals surface area contributed by atoms with Crippen molar-refractivity contribution in [3.63, 3.8) is 0 Å². The standard InChI is InChI=1S/C19H16BrClFNO5/c20-11-2-1-10(15(21)4-11)3-14-13(16(26)8-27-12(6-24)7-25)5-17-19(18(14)22)23-9-28-17/h1-2,4-5,9,12,24-25H,3,6-8H2. The number of nitrogens with zero attached hydrogens (tertiary/aromatic N) is 1. The zero-order chi connectivity index (χ0) is 20.3. The fourth-order valence-corrected chi connectivity index (χ4v) is 3.45. The number of aliphatic hydroxyl groups excluding tert-OH is 2. The van der Waals surface area contributed by atoms with Gasteiger partial charge in [-0.1, -0.05) is 33.6 Å². The molecular formula is C19H16BrClFNO5. The number of hydrogen-bond donors (Lipinski definition) is 2. The average molecular weight is 473 g/mol. The Morgan fingerprint density at radius 1 is 1.32 bits per heavy atom. The van der Waals surface area contributed by atoms with Gasteiger partial charge in [-0.2, -0.15) is 0 Å². The highest BCUT2D eigenvalue weighted by molar-refractivity contribution is 9.10. The van der Waals surface area contributed by atoms with E-state index in [9.17, 15) is 4.79 Å². The Kier molecular flexibility index (Phi) is 6.79. The Hall–Kier alpha value is -1.84. The molecule has 1 heterocycles. The van der Waals surface area contributed by atoms with Gasteiger partial charge in [0.05, 0.1) is 13.2 Å². The first kappa shape index (κ1) is 20.9. The summed E-state index contributed by atoms with van der Waals surface area (Å²) in [5, 5.41) is 18.6. The molecule has 0 saturated carbocycles. The molecule has 2 aromatic carbocycles. The minimum Gasteiger partial charge on any atom is -0.443 e. The lowest BCUT2D eigenvalue weighted by molar-refractivity contribution is -0.0132. The highest BCUT2D eigenvalue weighted by atomic mass is 79.9.